The number of carbonyl (C=O) groups is 1. The molecule has 1 saturated carbocycles. The number of amides is 1. The van der Waals surface area contributed by atoms with E-state index in [4.69, 9.17) is 0 Å². The number of anilines is 1. The lowest BCUT2D eigenvalue weighted by Gasteiger charge is -2.30. The van der Waals surface area contributed by atoms with E-state index in [9.17, 15) is 31.5 Å². The lowest BCUT2D eigenvalue weighted by atomic mass is 9.88. The molecule has 1 heterocycles. The molecule has 0 spiro atoms. The average molecular weight is 471 g/mol. The largest absolute Gasteiger partial charge is 0.421 e. The van der Waals surface area contributed by atoms with E-state index in [0.29, 0.717) is 5.56 Å². The predicted octanol–water partition coefficient (Wildman–Crippen LogP) is 4.00. The van der Waals surface area contributed by atoms with Gasteiger partial charge in [0, 0.05) is 11.9 Å². The minimum absolute atomic E-state index is 0.0200. The molecule has 1 aromatic heterocycles. The number of benzene rings is 1. The van der Waals surface area contributed by atoms with Crippen LogP contribution in [0.1, 0.15) is 43.7 Å². The second-order valence-electron chi connectivity index (χ2n) is 8.14. The molecule has 1 fully saturated rings. The number of sulfone groups is 1. The number of nitrogens with zero attached hydrogens (tertiary/aromatic N) is 1. The van der Waals surface area contributed by atoms with Crippen molar-refractivity contribution in [3.8, 4) is 0 Å². The van der Waals surface area contributed by atoms with Crippen LogP contribution in [0.4, 0.5) is 18.9 Å². The van der Waals surface area contributed by atoms with Crippen molar-refractivity contribution < 1.29 is 31.5 Å². The zero-order chi connectivity index (χ0) is 23.6. The molecule has 3 rings (SSSR count). The molecule has 1 unspecified atom stereocenters. The Bertz CT molecular complexity index is 1050. The highest BCUT2D eigenvalue weighted by atomic mass is 32.2. The van der Waals surface area contributed by atoms with E-state index in [1.54, 1.807) is 6.92 Å². The number of rotatable bonds is 9. The van der Waals surface area contributed by atoms with Gasteiger partial charge < -0.3 is 10.4 Å². The predicted molar refractivity (Wildman–Crippen MR) is 113 cm³/mol. The molecule has 0 radical (unpaired) electrons. The summed E-state index contributed by atoms with van der Waals surface area (Å²) in [5, 5.41) is 12.7. The summed E-state index contributed by atoms with van der Waals surface area (Å²) in [6.45, 7) is 1.55. The van der Waals surface area contributed by atoms with Crippen LogP contribution in [0.15, 0.2) is 47.6 Å². The van der Waals surface area contributed by atoms with E-state index in [2.05, 4.69) is 10.3 Å². The number of halogens is 3. The molecular weight excluding hydrogens is 445 g/mol. The number of hydrogen-bond acceptors (Lipinski definition) is 5. The number of pyridine rings is 1. The van der Waals surface area contributed by atoms with Gasteiger partial charge in [-0.2, -0.15) is 13.2 Å². The second kappa shape index (κ2) is 9.19. The summed E-state index contributed by atoms with van der Waals surface area (Å²) in [7, 11) is -3.43. The number of carbonyl (C=O) groups excluding carboxylic acids is 1. The molecule has 1 amide bonds. The summed E-state index contributed by atoms with van der Waals surface area (Å²) in [6.07, 6.45) is -2.08. The van der Waals surface area contributed by atoms with Gasteiger partial charge in [0.2, 0.25) is 5.91 Å². The Morgan fingerprint density at radius 1 is 1.16 bits per heavy atom. The lowest BCUT2D eigenvalue weighted by Crippen LogP contribution is -2.42. The monoisotopic (exact) mass is 470 g/mol. The summed E-state index contributed by atoms with van der Waals surface area (Å²) >= 11 is 0. The van der Waals surface area contributed by atoms with Gasteiger partial charge in [-0.3, -0.25) is 4.79 Å². The van der Waals surface area contributed by atoms with Crippen LogP contribution in [0.25, 0.3) is 0 Å². The molecule has 0 bridgehead atoms. The van der Waals surface area contributed by atoms with Crippen molar-refractivity contribution in [2.75, 3.05) is 11.1 Å². The molecule has 1 atom stereocenters. The Labute approximate surface area is 184 Å². The quantitative estimate of drug-likeness (QED) is 0.578. The van der Waals surface area contributed by atoms with E-state index >= 15 is 0 Å². The Balaban J connectivity index is 1.62. The zero-order valence-electron chi connectivity index (χ0n) is 17.5. The third kappa shape index (κ3) is 5.66. The highest BCUT2D eigenvalue weighted by molar-refractivity contribution is 7.91. The van der Waals surface area contributed by atoms with Gasteiger partial charge in [-0.15, -0.1) is 0 Å². The normalized spacial score (nSPS) is 16.4. The van der Waals surface area contributed by atoms with Crippen molar-refractivity contribution in [1.82, 2.24) is 4.98 Å². The number of hydrogen-bond donors (Lipinski definition) is 2. The zero-order valence-corrected chi connectivity index (χ0v) is 18.3. The molecular formula is C22H25F3N2O4S. The molecule has 2 aromatic rings. The number of aliphatic hydroxyl groups is 1. The summed E-state index contributed by atoms with van der Waals surface area (Å²) < 4.78 is 64.5. The van der Waals surface area contributed by atoms with Crippen molar-refractivity contribution in [2.24, 2.45) is 5.92 Å². The summed E-state index contributed by atoms with van der Waals surface area (Å²) in [6, 6.07) is 7.76. The van der Waals surface area contributed by atoms with Gasteiger partial charge in [0.1, 0.15) is 0 Å². The third-order valence-electron chi connectivity index (χ3n) is 5.36. The van der Waals surface area contributed by atoms with Crippen LogP contribution in [0.2, 0.25) is 0 Å². The van der Waals surface area contributed by atoms with E-state index < -0.39 is 33.9 Å². The first-order valence-corrected chi connectivity index (χ1v) is 12.0. The fourth-order valence-corrected chi connectivity index (χ4v) is 5.02. The molecule has 6 nitrogen and oxygen atoms in total. The van der Waals surface area contributed by atoms with Gasteiger partial charge in [-0.1, -0.05) is 31.5 Å². The molecule has 0 aliphatic heterocycles. The average Bonchev–Trinajstić information content (AvgIpc) is 3.51. The first-order chi connectivity index (χ1) is 14.9. The van der Waals surface area contributed by atoms with Crippen LogP contribution >= 0.6 is 0 Å². The first kappa shape index (κ1) is 24.2. The van der Waals surface area contributed by atoms with Crippen molar-refractivity contribution in [3.63, 3.8) is 0 Å². The van der Waals surface area contributed by atoms with Crippen molar-refractivity contribution in [1.29, 1.82) is 0 Å². The van der Waals surface area contributed by atoms with Gasteiger partial charge in [0.15, 0.2) is 20.5 Å². The van der Waals surface area contributed by atoms with Gasteiger partial charge in [-0.25, -0.2) is 13.4 Å². The van der Waals surface area contributed by atoms with Crippen LogP contribution in [-0.4, -0.2) is 36.3 Å². The lowest BCUT2D eigenvalue weighted by molar-refractivity contribution is -0.269. The minimum atomic E-state index is -4.82. The summed E-state index contributed by atoms with van der Waals surface area (Å²) in [4.78, 5) is 16.2. The van der Waals surface area contributed by atoms with Crippen LogP contribution < -0.4 is 5.32 Å². The Morgan fingerprint density at radius 3 is 2.31 bits per heavy atom. The maximum absolute atomic E-state index is 13.3. The Kier molecular flexibility index (Phi) is 6.94. The topological polar surface area (TPSA) is 96.4 Å². The van der Waals surface area contributed by atoms with Gasteiger partial charge in [0.05, 0.1) is 12.2 Å². The first-order valence-electron chi connectivity index (χ1n) is 10.3. The summed E-state index contributed by atoms with van der Waals surface area (Å²) in [5.74, 6) is -0.155. The number of nitrogens with one attached hydrogen (secondary N) is 1. The molecule has 1 aliphatic rings. The summed E-state index contributed by atoms with van der Waals surface area (Å²) in [5.41, 5.74) is -2.47. The molecule has 1 aromatic carbocycles. The van der Waals surface area contributed by atoms with Crippen molar-refractivity contribution in [3.05, 3.63) is 53.7 Å². The standard InChI is InChI=1S/C22H25F3N2O4S/c1-2-11-21(29,22(23,24)25)17-6-8-18(9-7-17)27-19(28)12-16-5-10-20(26-13-16)32(30,31)14-15-3-4-15/h5-10,13,15,29H,2-4,11-12,14H2,1H3,(H,27,28). The third-order valence-corrected chi connectivity index (χ3v) is 7.15. The molecule has 174 valence electrons. The van der Waals surface area contributed by atoms with E-state index in [1.807, 2.05) is 0 Å². The van der Waals surface area contributed by atoms with Crippen LogP contribution in [0.5, 0.6) is 0 Å². The van der Waals surface area contributed by atoms with Crippen molar-refractivity contribution in [2.45, 2.75) is 55.8 Å². The SMILES string of the molecule is CCCC(O)(c1ccc(NC(=O)Cc2ccc(S(=O)(=O)CC3CC3)nc2)cc1)C(F)(F)F. The van der Waals surface area contributed by atoms with Gasteiger partial charge in [0.25, 0.3) is 0 Å². The minimum Gasteiger partial charge on any atom is -0.376 e. The highest BCUT2D eigenvalue weighted by Gasteiger charge is 2.54. The second-order valence-corrected chi connectivity index (χ2v) is 10.1. The molecule has 0 saturated heterocycles. The van der Waals surface area contributed by atoms with Crippen LogP contribution in [0, 0.1) is 5.92 Å². The van der Waals surface area contributed by atoms with Crippen LogP contribution in [0.3, 0.4) is 0 Å². The molecule has 2 N–H and O–H groups in total. The fourth-order valence-electron chi connectivity index (χ4n) is 3.41. The van der Waals surface area contributed by atoms with Gasteiger partial charge in [-0.05, 0) is 54.5 Å². The van der Waals surface area contributed by atoms with Crippen LogP contribution in [-0.2, 0) is 26.7 Å². The number of alkyl halides is 3. The maximum atomic E-state index is 13.3. The molecule has 10 heteroatoms. The highest BCUT2D eigenvalue weighted by Crippen LogP contribution is 2.42. The fraction of sp³-hybridized carbons (Fsp3) is 0.455. The van der Waals surface area contributed by atoms with Gasteiger partial charge >= 0.3 is 6.18 Å². The van der Waals surface area contributed by atoms with Crippen molar-refractivity contribution >= 4 is 21.4 Å². The van der Waals surface area contributed by atoms with E-state index in [0.717, 1.165) is 25.0 Å². The Hall–Kier alpha value is -2.46. The molecule has 1 aliphatic carbocycles. The van der Waals surface area contributed by atoms with E-state index in [1.165, 1.54) is 30.5 Å². The smallest absolute Gasteiger partial charge is 0.376 e. The Morgan fingerprint density at radius 2 is 1.81 bits per heavy atom. The maximum Gasteiger partial charge on any atom is 0.421 e. The number of aromatic nitrogens is 1. The van der Waals surface area contributed by atoms with E-state index in [-0.39, 0.29) is 40.8 Å². The molecule has 32 heavy (non-hydrogen) atoms.